The Balaban J connectivity index is 2.14. The second-order valence-electron chi connectivity index (χ2n) is 5.23. The van der Waals surface area contributed by atoms with Crippen molar-refractivity contribution in [1.29, 1.82) is 0 Å². The number of nitrogens with one attached hydrogen (secondary N) is 2. The van der Waals surface area contributed by atoms with Crippen molar-refractivity contribution >= 4 is 5.96 Å². The van der Waals surface area contributed by atoms with Crippen LogP contribution >= 0.6 is 0 Å². The molecule has 2 N–H and O–H groups in total. The van der Waals surface area contributed by atoms with E-state index in [0.29, 0.717) is 0 Å². The predicted molar refractivity (Wildman–Crippen MR) is 91.4 cm³/mol. The smallest absolute Gasteiger partial charge is 0.191 e. The molecule has 0 atom stereocenters. The fraction of sp³-hybridized carbons (Fsp3) is 0.706. The maximum absolute atomic E-state index is 5.55. The fourth-order valence-electron chi connectivity index (χ4n) is 1.89. The number of guanidine groups is 1. The van der Waals surface area contributed by atoms with E-state index in [2.05, 4.69) is 29.5 Å². The van der Waals surface area contributed by atoms with Gasteiger partial charge >= 0.3 is 0 Å². The highest BCUT2D eigenvalue weighted by Crippen LogP contribution is 1.99. The van der Waals surface area contributed by atoms with Gasteiger partial charge in [-0.2, -0.15) is 0 Å². The Morgan fingerprint density at radius 2 is 1.95 bits per heavy atom. The number of furan rings is 1. The lowest BCUT2D eigenvalue weighted by atomic mass is 10.3. The van der Waals surface area contributed by atoms with E-state index in [-0.39, 0.29) is 0 Å². The minimum atomic E-state index is 0.806. The zero-order chi connectivity index (χ0) is 15.9. The molecule has 0 aromatic carbocycles. The van der Waals surface area contributed by atoms with E-state index < -0.39 is 0 Å². The molecule has 0 unspecified atom stereocenters. The van der Waals surface area contributed by atoms with Crippen LogP contribution in [0.5, 0.6) is 0 Å². The molecule has 0 fully saturated rings. The summed E-state index contributed by atoms with van der Waals surface area (Å²) in [5, 5.41) is 6.70. The van der Waals surface area contributed by atoms with E-state index in [1.165, 1.54) is 6.42 Å². The van der Waals surface area contributed by atoms with E-state index >= 15 is 0 Å². The molecule has 0 aliphatic rings. The van der Waals surface area contributed by atoms with Gasteiger partial charge in [0.1, 0.15) is 5.76 Å². The lowest BCUT2D eigenvalue weighted by Gasteiger charge is -2.12. The number of unbranched alkanes of at least 4 members (excludes halogenated alkanes) is 1. The standard InChI is InChI=1S/C17H31N3O2/c1-3-5-13-21-14-7-11-19-17(18-10-4-2)20-12-9-16-8-6-15-22-16/h6,8,15H,3-5,7,9-14H2,1-2H3,(H2,18,19,20). The van der Waals surface area contributed by atoms with E-state index in [4.69, 9.17) is 9.15 Å². The molecule has 22 heavy (non-hydrogen) atoms. The van der Waals surface area contributed by atoms with Gasteiger partial charge in [-0.05, 0) is 31.4 Å². The van der Waals surface area contributed by atoms with Gasteiger partial charge in [0.15, 0.2) is 5.96 Å². The van der Waals surface area contributed by atoms with Gasteiger partial charge in [-0.1, -0.05) is 20.3 Å². The van der Waals surface area contributed by atoms with Gasteiger partial charge in [0.2, 0.25) is 0 Å². The van der Waals surface area contributed by atoms with Crippen LogP contribution in [-0.4, -0.2) is 38.8 Å². The van der Waals surface area contributed by atoms with E-state index in [0.717, 1.165) is 70.3 Å². The summed E-state index contributed by atoms with van der Waals surface area (Å²) < 4.78 is 10.9. The molecule has 1 heterocycles. The molecule has 5 nitrogen and oxygen atoms in total. The number of aliphatic imine (C=N–C) groups is 1. The third-order valence-electron chi connectivity index (χ3n) is 3.14. The van der Waals surface area contributed by atoms with E-state index in [9.17, 15) is 0 Å². The molecule has 5 heteroatoms. The predicted octanol–water partition coefficient (Wildman–Crippen LogP) is 2.97. The third kappa shape index (κ3) is 9.45. The first-order valence-electron chi connectivity index (χ1n) is 8.49. The number of hydrogen-bond acceptors (Lipinski definition) is 3. The molecule has 0 bridgehead atoms. The van der Waals surface area contributed by atoms with Crippen molar-refractivity contribution in [1.82, 2.24) is 10.6 Å². The van der Waals surface area contributed by atoms with Gasteiger partial charge in [0.05, 0.1) is 6.26 Å². The summed E-state index contributed by atoms with van der Waals surface area (Å²) in [6.45, 7) is 8.51. The molecule has 0 saturated carbocycles. The molecule has 0 saturated heterocycles. The van der Waals surface area contributed by atoms with Crippen LogP contribution in [0.4, 0.5) is 0 Å². The number of hydrogen-bond donors (Lipinski definition) is 2. The summed E-state index contributed by atoms with van der Waals surface area (Å²) in [6, 6.07) is 3.91. The van der Waals surface area contributed by atoms with Crippen LogP contribution < -0.4 is 10.6 Å². The first-order valence-corrected chi connectivity index (χ1v) is 8.49. The van der Waals surface area contributed by atoms with Gasteiger partial charge < -0.3 is 19.8 Å². The molecule has 0 spiro atoms. The van der Waals surface area contributed by atoms with E-state index in [1.54, 1.807) is 6.26 Å². The van der Waals surface area contributed by atoms with Crippen LogP contribution in [-0.2, 0) is 11.2 Å². The molecule has 126 valence electrons. The van der Waals surface area contributed by atoms with Crippen molar-refractivity contribution in [3.05, 3.63) is 24.2 Å². The van der Waals surface area contributed by atoms with Crippen LogP contribution in [0.25, 0.3) is 0 Å². The second kappa shape index (κ2) is 13.2. The molecule has 0 amide bonds. The highest BCUT2D eigenvalue weighted by molar-refractivity contribution is 5.79. The molecular formula is C17H31N3O2. The molecule has 0 aliphatic heterocycles. The summed E-state index contributed by atoms with van der Waals surface area (Å²) >= 11 is 0. The van der Waals surface area contributed by atoms with Crippen LogP contribution in [0.2, 0.25) is 0 Å². The zero-order valence-corrected chi connectivity index (χ0v) is 14.1. The average molecular weight is 309 g/mol. The topological polar surface area (TPSA) is 58.8 Å². The lowest BCUT2D eigenvalue weighted by molar-refractivity contribution is 0.129. The molecule has 0 radical (unpaired) electrons. The van der Waals surface area contributed by atoms with Crippen molar-refractivity contribution in [2.24, 2.45) is 4.99 Å². The highest BCUT2D eigenvalue weighted by atomic mass is 16.5. The van der Waals surface area contributed by atoms with Crippen LogP contribution in [0.1, 0.15) is 45.3 Å². The maximum atomic E-state index is 5.55. The largest absolute Gasteiger partial charge is 0.469 e. The monoisotopic (exact) mass is 309 g/mol. The van der Waals surface area contributed by atoms with Crippen LogP contribution in [0, 0.1) is 0 Å². The van der Waals surface area contributed by atoms with Crippen molar-refractivity contribution in [2.45, 2.75) is 46.0 Å². The summed E-state index contributed by atoms with van der Waals surface area (Å²) in [5.41, 5.74) is 0. The maximum Gasteiger partial charge on any atom is 0.191 e. The van der Waals surface area contributed by atoms with Crippen LogP contribution in [0.15, 0.2) is 27.8 Å². The molecule has 1 aromatic rings. The lowest BCUT2D eigenvalue weighted by Crippen LogP contribution is -2.39. The van der Waals surface area contributed by atoms with Gasteiger partial charge in [-0.15, -0.1) is 0 Å². The Bertz CT molecular complexity index is 377. The summed E-state index contributed by atoms with van der Waals surface area (Å²) in [7, 11) is 0. The summed E-state index contributed by atoms with van der Waals surface area (Å²) in [5.74, 6) is 1.87. The molecular weight excluding hydrogens is 278 g/mol. The number of rotatable bonds is 12. The van der Waals surface area contributed by atoms with E-state index in [1.807, 2.05) is 12.1 Å². The zero-order valence-electron chi connectivity index (χ0n) is 14.1. The minimum absolute atomic E-state index is 0.806. The van der Waals surface area contributed by atoms with Gasteiger partial charge in [0, 0.05) is 39.3 Å². The third-order valence-corrected chi connectivity index (χ3v) is 3.14. The quantitative estimate of drug-likeness (QED) is 0.354. The Kier molecular flexibility index (Phi) is 11.1. The first kappa shape index (κ1) is 18.6. The second-order valence-corrected chi connectivity index (χ2v) is 5.23. The average Bonchev–Trinajstić information content (AvgIpc) is 3.04. The Morgan fingerprint density at radius 3 is 2.68 bits per heavy atom. The van der Waals surface area contributed by atoms with Crippen molar-refractivity contribution in [2.75, 3.05) is 32.8 Å². The first-order chi connectivity index (χ1) is 10.9. The van der Waals surface area contributed by atoms with Crippen molar-refractivity contribution in [3.63, 3.8) is 0 Å². The minimum Gasteiger partial charge on any atom is -0.469 e. The SMILES string of the molecule is CCCCOCCCNC(=NCCC)NCCc1ccco1. The van der Waals surface area contributed by atoms with Gasteiger partial charge in [-0.25, -0.2) is 0 Å². The highest BCUT2D eigenvalue weighted by Gasteiger charge is 2.00. The Hall–Kier alpha value is -1.49. The number of nitrogens with zero attached hydrogens (tertiary/aromatic N) is 1. The van der Waals surface area contributed by atoms with Gasteiger partial charge in [0.25, 0.3) is 0 Å². The molecule has 1 rings (SSSR count). The normalized spacial score (nSPS) is 11.6. The summed E-state index contributed by atoms with van der Waals surface area (Å²) in [6.07, 6.45) is 6.94. The van der Waals surface area contributed by atoms with Crippen LogP contribution in [0.3, 0.4) is 0 Å². The van der Waals surface area contributed by atoms with Gasteiger partial charge in [-0.3, -0.25) is 4.99 Å². The summed E-state index contributed by atoms with van der Waals surface area (Å²) in [4.78, 5) is 4.53. The Morgan fingerprint density at radius 1 is 1.14 bits per heavy atom. The Labute approximate surface area is 134 Å². The number of ether oxygens (including phenoxy) is 1. The fourth-order valence-corrected chi connectivity index (χ4v) is 1.89. The van der Waals surface area contributed by atoms with Crippen molar-refractivity contribution in [3.8, 4) is 0 Å². The van der Waals surface area contributed by atoms with Crippen molar-refractivity contribution < 1.29 is 9.15 Å². The molecule has 1 aromatic heterocycles. The molecule has 0 aliphatic carbocycles.